The number of amides is 2. The summed E-state index contributed by atoms with van der Waals surface area (Å²) in [5.74, 6) is -0.571. The molecule has 1 aliphatic heterocycles. The molecule has 8 heteroatoms. The molecule has 2 aromatic rings. The molecule has 0 unspecified atom stereocenters. The quantitative estimate of drug-likeness (QED) is 0.716. The van der Waals surface area contributed by atoms with Gasteiger partial charge in [-0.3, -0.25) is 9.59 Å². The maximum atomic E-state index is 12.5. The molecule has 3 N–H and O–H groups in total. The van der Waals surface area contributed by atoms with Gasteiger partial charge in [0.05, 0.1) is 10.8 Å². The molecule has 1 aliphatic rings. The highest BCUT2D eigenvalue weighted by Gasteiger charge is 2.34. The summed E-state index contributed by atoms with van der Waals surface area (Å²) in [7, 11) is -3.71. The third-order valence-corrected chi connectivity index (χ3v) is 6.05. The van der Waals surface area contributed by atoms with Crippen molar-refractivity contribution in [3.05, 3.63) is 59.7 Å². The number of anilines is 1. The molecule has 0 aliphatic carbocycles. The van der Waals surface area contributed by atoms with E-state index in [-0.39, 0.29) is 29.0 Å². The number of hydrogen-bond donors (Lipinski definition) is 2. The number of benzene rings is 2. The molecule has 1 atom stereocenters. The van der Waals surface area contributed by atoms with Gasteiger partial charge in [-0.05, 0) is 48.2 Å². The van der Waals surface area contributed by atoms with Crippen LogP contribution in [0.5, 0.6) is 0 Å². The van der Waals surface area contributed by atoms with Gasteiger partial charge in [-0.1, -0.05) is 31.2 Å². The summed E-state index contributed by atoms with van der Waals surface area (Å²) in [6.45, 7) is 2.85. The number of carbonyl (C=O) groups excluding carboxylic acids is 2. The SMILES string of the molecule is CCc1ccc(N2C[C@H](C(=O)NCCc3ccc(S(N)(=O)=O)cc3)CC2=O)cc1. The predicted octanol–water partition coefficient (Wildman–Crippen LogP) is 1.61. The average molecular weight is 416 g/mol. The Hall–Kier alpha value is -2.71. The molecular formula is C21H25N3O4S. The lowest BCUT2D eigenvalue weighted by Crippen LogP contribution is -2.34. The number of hydrogen-bond acceptors (Lipinski definition) is 4. The van der Waals surface area contributed by atoms with Gasteiger partial charge in [-0.2, -0.15) is 0 Å². The maximum Gasteiger partial charge on any atom is 0.238 e. The molecule has 3 rings (SSSR count). The number of primary sulfonamides is 1. The minimum absolute atomic E-state index is 0.0482. The standard InChI is InChI=1S/C21H25N3O4S/c1-2-15-3-7-18(8-4-15)24-14-17(13-20(24)25)21(26)23-12-11-16-5-9-19(10-6-16)29(22,27)28/h3-10,17H,2,11-14H2,1H3,(H,23,26)(H2,22,27,28)/t17-/m1/s1. The lowest BCUT2D eigenvalue weighted by Gasteiger charge is -2.17. The lowest BCUT2D eigenvalue weighted by atomic mass is 10.1. The molecular weight excluding hydrogens is 390 g/mol. The van der Waals surface area contributed by atoms with Crippen molar-refractivity contribution in [1.29, 1.82) is 0 Å². The maximum absolute atomic E-state index is 12.5. The van der Waals surface area contributed by atoms with Crippen LogP contribution >= 0.6 is 0 Å². The molecule has 29 heavy (non-hydrogen) atoms. The fourth-order valence-corrected chi connectivity index (χ4v) is 3.88. The molecule has 1 fully saturated rings. The molecule has 2 aromatic carbocycles. The van der Waals surface area contributed by atoms with Crippen molar-refractivity contribution in [3.63, 3.8) is 0 Å². The monoisotopic (exact) mass is 415 g/mol. The van der Waals surface area contributed by atoms with E-state index >= 15 is 0 Å². The Bertz CT molecular complexity index is 986. The Morgan fingerprint density at radius 2 is 1.72 bits per heavy atom. The molecule has 1 heterocycles. The summed E-state index contributed by atoms with van der Waals surface area (Å²) in [4.78, 5) is 26.5. The summed E-state index contributed by atoms with van der Waals surface area (Å²) in [6.07, 6.45) is 1.69. The van der Waals surface area contributed by atoms with E-state index in [9.17, 15) is 18.0 Å². The topological polar surface area (TPSA) is 110 Å². The van der Waals surface area contributed by atoms with Crippen LogP contribution in [0.1, 0.15) is 24.5 Å². The number of nitrogens with zero attached hydrogens (tertiary/aromatic N) is 1. The fourth-order valence-electron chi connectivity index (χ4n) is 3.36. The number of nitrogens with one attached hydrogen (secondary N) is 1. The minimum atomic E-state index is -3.71. The van der Waals surface area contributed by atoms with Crippen molar-refractivity contribution in [2.45, 2.75) is 31.1 Å². The van der Waals surface area contributed by atoms with Crippen LogP contribution in [-0.4, -0.2) is 33.3 Å². The van der Waals surface area contributed by atoms with Crippen molar-refractivity contribution < 1.29 is 18.0 Å². The summed E-state index contributed by atoms with van der Waals surface area (Å²) < 4.78 is 22.5. The number of rotatable bonds is 7. The normalized spacial score (nSPS) is 16.8. The summed E-state index contributed by atoms with van der Waals surface area (Å²) in [5, 5.41) is 7.95. The molecule has 0 saturated carbocycles. The van der Waals surface area contributed by atoms with Gasteiger partial charge in [0, 0.05) is 25.2 Å². The van der Waals surface area contributed by atoms with Gasteiger partial charge in [0.25, 0.3) is 0 Å². The highest BCUT2D eigenvalue weighted by molar-refractivity contribution is 7.89. The largest absolute Gasteiger partial charge is 0.355 e. The third kappa shape index (κ3) is 5.21. The van der Waals surface area contributed by atoms with E-state index in [1.165, 1.54) is 17.7 Å². The van der Waals surface area contributed by atoms with Crippen LogP contribution < -0.4 is 15.4 Å². The molecule has 7 nitrogen and oxygen atoms in total. The third-order valence-electron chi connectivity index (χ3n) is 5.12. The zero-order valence-corrected chi connectivity index (χ0v) is 17.1. The first-order valence-electron chi connectivity index (χ1n) is 9.56. The molecule has 0 radical (unpaired) electrons. The highest BCUT2D eigenvalue weighted by atomic mass is 32.2. The van der Waals surface area contributed by atoms with Crippen molar-refractivity contribution in [3.8, 4) is 0 Å². The van der Waals surface area contributed by atoms with Crippen molar-refractivity contribution >= 4 is 27.5 Å². The Morgan fingerprint density at radius 1 is 1.10 bits per heavy atom. The van der Waals surface area contributed by atoms with Crippen LogP contribution in [0.4, 0.5) is 5.69 Å². The van der Waals surface area contributed by atoms with Gasteiger partial charge < -0.3 is 10.2 Å². The second-order valence-corrected chi connectivity index (χ2v) is 8.72. The highest BCUT2D eigenvalue weighted by Crippen LogP contribution is 2.25. The van der Waals surface area contributed by atoms with Gasteiger partial charge in [-0.25, -0.2) is 13.6 Å². The molecule has 154 valence electrons. The Labute approximate surface area is 171 Å². The summed E-state index contributed by atoms with van der Waals surface area (Å²) in [6, 6.07) is 14.1. The minimum Gasteiger partial charge on any atom is -0.355 e. The van der Waals surface area contributed by atoms with Gasteiger partial charge in [0.15, 0.2) is 0 Å². The van der Waals surface area contributed by atoms with Gasteiger partial charge in [0.2, 0.25) is 21.8 Å². The lowest BCUT2D eigenvalue weighted by molar-refractivity contribution is -0.126. The van der Waals surface area contributed by atoms with Gasteiger partial charge >= 0.3 is 0 Å². The van der Waals surface area contributed by atoms with Crippen LogP contribution in [-0.2, 0) is 32.5 Å². The molecule has 2 amide bonds. The Morgan fingerprint density at radius 3 is 2.31 bits per heavy atom. The number of nitrogens with two attached hydrogens (primary N) is 1. The molecule has 0 aromatic heterocycles. The van der Waals surface area contributed by atoms with Crippen molar-refractivity contribution in [1.82, 2.24) is 5.32 Å². The molecule has 0 bridgehead atoms. The second-order valence-electron chi connectivity index (χ2n) is 7.16. The van der Waals surface area contributed by atoms with Gasteiger partial charge in [-0.15, -0.1) is 0 Å². The number of aryl methyl sites for hydroxylation is 1. The molecule has 0 spiro atoms. The Kier molecular flexibility index (Phi) is 6.34. The van der Waals surface area contributed by atoms with Crippen LogP contribution in [0.2, 0.25) is 0 Å². The Balaban J connectivity index is 1.51. The zero-order chi connectivity index (χ0) is 21.0. The van der Waals surface area contributed by atoms with Crippen LogP contribution in [0.3, 0.4) is 0 Å². The van der Waals surface area contributed by atoms with Crippen molar-refractivity contribution in [2.24, 2.45) is 11.1 Å². The molecule has 1 saturated heterocycles. The number of sulfonamides is 1. The van der Waals surface area contributed by atoms with E-state index in [0.29, 0.717) is 19.5 Å². The second kappa shape index (κ2) is 8.75. The van der Waals surface area contributed by atoms with E-state index in [2.05, 4.69) is 12.2 Å². The predicted molar refractivity (Wildman–Crippen MR) is 111 cm³/mol. The van der Waals surface area contributed by atoms with Gasteiger partial charge in [0.1, 0.15) is 0 Å². The summed E-state index contributed by atoms with van der Waals surface area (Å²) in [5.41, 5.74) is 2.90. The summed E-state index contributed by atoms with van der Waals surface area (Å²) >= 11 is 0. The first-order valence-corrected chi connectivity index (χ1v) is 11.1. The van der Waals surface area contributed by atoms with Crippen molar-refractivity contribution in [2.75, 3.05) is 18.0 Å². The van der Waals surface area contributed by atoms with E-state index < -0.39 is 10.0 Å². The first kappa shape index (κ1) is 21.0. The van der Waals surface area contributed by atoms with E-state index in [0.717, 1.165) is 17.7 Å². The first-order chi connectivity index (χ1) is 13.8. The number of carbonyl (C=O) groups is 2. The fraction of sp³-hybridized carbons (Fsp3) is 0.333. The van der Waals surface area contributed by atoms with E-state index in [1.54, 1.807) is 17.0 Å². The van der Waals surface area contributed by atoms with Crippen LogP contribution in [0.25, 0.3) is 0 Å². The van der Waals surface area contributed by atoms with E-state index in [1.807, 2.05) is 24.3 Å². The zero-order valence-electron chi connectivity index (χ0n) is 16.3. The van der Waals surface area contributed by atoms with E-state index in [4.69, 9.17) is 5.14 Å². The average Bonchev–Trinajstić information content (AvgIpc) is 3.09. The van der Waals surface area contributed by atoms with Crippen LogP contribution in [0, 0.1) is 5.92 Å². The smallest absolute Gasteiger partial charge is 0.238 e. The van der Waals surface area contributed by atoms with Crippen LogP contribution in [0.15, 0.2) is 53.4 Å².